The molecular weight excluding hydrogens is 282 g/mol. The molecule has 6 heteroatoms. The van der Waals surface area contributed by atoms with Gasteiger partial charge in [0.25, 0.3) is 5.91 Å². The van der Waals surface area contributed by atoms with Crippen molar-refractivity contribution in [2.45, 2.75) is 25.9 Å². The highest BCUT2D eigenvalue weighted by Crippen LogP contribution is 2.20. The van der Waals surface area contributed by atoms with E-state index in [1.54, 1.807) is 4.90 Å². The summed E-state index contributed by atoms with van der Waals surface area (Å²) in [7, 11) is 0. The SMILES string of the molecule is CC(C(=O)O)n1cc(C(=O)N2CCc3ccccc3C2)cn1. The Labute approximate surface area is 128 Å². The molecule has 0 aliphatic carbocycles. The number of hydrogen-bond donors (Lipinski definition) is 1. The van der Waals surface area contributed by atoms with Gasteiger partial charge in [0.2, 0.25) is 0 Å². The minimum atomic E-state index is -0.978. The summed E-state index contributed by atoms with van der Waals surface area (Å²) >= 11 is 0. The first-order valence-electron chi connectivity index (χ1n) is 7.19. The summed E-state index contributed by atoms with van der Waals surface area (Å²) in [6.45, 7) is 2.77. The van der Waals surface area contributed by atoms with Gasteiger partial charge in [-0.1, -0.05) is 24.3 Å². The molecule has 0 saturated heterocycles. The van der Waals surface area contributed by atoms with Crippen LogP contribution < -0.4 is 0 Å². The Hall–Kier alpha value is -2.63. The van der Waals surface area contributed by atoms with Crippen molar-refractivity contribution in [1.82, 2.24) is 14.7 Å². The molecule has 6 nitrogen and oxygen atoms in total. The molecule has 114 valence electrons. The van der Waals surface area contributed by atoms with Crippen LogP contribution in [-0.4, -0.2) is 38.2 Å². The molecule has 0 spiro atoms. The van der Waals surface area contributed by atoms with Crippen LogP contribution in [-0.2, 0) is 17.8 Å². The summed E-state index contributed by atoms with van der Waals surface area (Å²) in [6, 6.07) is 7.31. The van der Waals surface area contributed by atoms with Crippen molar-refractivity contribution < 1.29 is 14.7 Å². The van der Waals surface area contributed by atoms with Gasteiger partial charge in [-0.3, -0.25) is 9.48 Å². The Kier molecular flexibility index (Phi) is 3.66. The maximum atomic E-state index is 12.5. The summed E-state index contributed by atoms with van der Waals surface area (Å²) in [6.07, 6.45) is 3.77. The lowest BCUT2D eigenvalue weighted by atomic mass is 9.99. The molecule has 1 aromatic heterocycles. The fourth-order valence-corrected chi connectivity index (χ4v) is 2.63. The van der Waals surface area contributed by atoms with Crippen molar-refractivity contribution >= 4 is 11.9 Å². The van der Waals surface area contributed by atoms with E-state index in [1.807, 2.05) is 18.2 Å². The van der Waals surface area contributed by atoms with Crippen molar-refractivity contribution in [3.63, 3.8) is 0 Å². The number of fused-ring (bicyclic) bond motifs is 1. The Morgan fingerprint density at radius 1 is 1.27 bits per heavy atom. The smallest absolute Gasteiger partial charge is 0.328 e. The third-order valence-corrected chi connectivity index (χ3v) is 4.02. The standard InChI is InChI=1S/C16H17N3O3/c1-11(16(21)22)19-10-14(8-17-19)15(20)18-7-6-12-4-2-3-5-13(12)9-18/h2-5,8,10-11H,6-7,9H2,1H3,(H,21,22). The minimum Gasteiger partial charge on any atom is -0.480 e. The number of amides is 1. The lowest BCUT2D eigenvalue weighted by Crippen LogP contribution is -2.35. The number of carbonyl (C=O) groups is 2. The number of carboxylic acids is 1. The van der Waals surface area contributed by atoms with Crippen LogP contribution in [0.5, 0.6) is 0 Å². The Bertz CT molecular complexity index is 723. The Morgan fingerprint density at radius 3 is 2.73 bits per heavy atom. The van der Waals surface area contributed by atoms with Crippen molar-refractivity contribution in [2.24, 2.45) is 0 Å². The Morgan fingerprint density at radius 2 is 2.00 bits per heavy atom. The van der Waals surface area contributed by atoms with Crippen molar-refractivity contribution in [1.29, 1.82) is 0 Å². The Balaban J connectivity index is 1.77. The van der Waals surface area contributed by atoms with Gasteiger partial charge in [-0.15, -0.1) is 0 Å². The third-order valence-electron chi connectivity index (χ3n) is 4.02. The van der Waals surface area contributed by atoms with E-state index in [1.165, 1.54) is 29.6 Å². The topological polar surface area (TPSA) is 75.4 Å². The summed E-state index contributed by atoms with van der Waals surface area (Å²) in [5.74, 6) is -1.09. The molecular formula is C16H17N3O3. The molecule has 1 atom stereocenters. The van der Waals surface area contributed by atoms with Crippen LogP contribution in [0, 0.1) is 0 Å². The van der Waals surface area contributed by atoms with Gasteiger partial charge in [0.1, 0.15) is 6.04 Å². The zero-order chi connectivity index (χ0) is 15.7. The zero-order valence-corrected chi connectivity index (χ0v) is 12.3. The number of aliphatic carboxylic acids is 1. The van der Waals surface area contributed by atoms with E-state index in [0.717, 1.165) is 12.0 Å². The molecule has 0 bridgehead atoms. The molecule has 1 amide bonds. The van der Waals surface area contributed by atoms with Gasteiger partial charge in [-0.2, -0.15) is 5.10 Å². The van der Waals surface area contributed by atoms with Crippen LogP contribution in [0.4, 0.5) is 0 Å². The van der Waals surface area contributed by atoms with Crippen LogP contribution >= 0.6 is 0 Å². The highest BCUT2D eigenvalue weighted by Gasteiger charge is 2.23. The molecule has 1 aliphatic heterocycles. The van der Waals surface area contributed by atoms with Gasteiger partial charge >= 0.3 is 5.97 Å². The second-order valence-electron chi connectivity index (χ2n) is 5.47. The van der Waals surface area contributed by atoms with Gasteiger partial charge in [0.05, 0.1) is 11.8 Å². The quantitative estimate of drug-likeness (QED) is 0.936. The maximum Gasteiger partial charge on any atom is 0.328 e. The van der Waals surface area contributed by atoms with Gasteiger partial charge < -0.3 is 10.0 Å². The van der Waals surface area contributed by atoms with E-state index in [4.69, 9.17) is 5.11 Å². The first-order chi connectivity index (χ1) is 10.6. The molecule has 2 aromatic rings. The average Bonchev–Trinajstić information content (AvgIpc) is 3.02. The first kappa shape index (κ1) is 14.3. The number of nitrogens with zero attached hydrogens (tertiary/aromatic N) is 3. The molecule has 2 heterocycles. The number of rotatable bonds is 3. The fourth-order valence-electron chi connectivity index (χ4n) is 2.63. The summed E-state index contributed by atoms with van der Waals surface area (Å²) < 4.78 is 1.30. The van der Waals surface area contributed by atoms with E-state index >= 15 is 0 Å². The lowest BCUT2D eigenvalue weighted by molar-refractivity contribution is -0.140. The maximum absolute atomic E-state index is 12.5. The van der Waals surface area contributed by atoms with Crippen LogP contribution in [0.2, 0.25) is 0 Å². The van der Waals surface area contributed by atoms with Crippen molar-refractivity contribution in [3.8, 4) is 0 Å². The fraction of sp³-hybridized carbons (Fsp3) is 0.312. The van der Waals surface area contributed by atoms with E-state index < -0.39 is 12.0 Å². The second kappa shape index (κ2) is 5.63. The highest BCUT2D eigenvalue weighted by molar-refractivity contribution is 5.94. The predicted molar refractivity (Wildman–Crippen MR) is 79.5 cm³/mol. The average molecular weight is 299 g/mol. The number of carboxylic acid groups (broad SMARTS) is 1. The van der Waals surface area contributed by atoms with Gasteiger partial charge in [0.15, 0.2) is 0 Å². The summed E-state index contributed by atoms with van der Waals surface area (Å²) in [5.41, 5.74) is 2.86. The van der Waals surface area contributed by atoms with Gasteiger partial charge in [-0.25, -0.2) is 4.79 Å². The minimum absolute atomic E-state index is 0.113. The molecule has 0 fully saturated rings. The molecule has 22 heavy (non-hydrogen) atoms. The van der Waals surface area contributed by atoms with Crippen LogP contribution in [0.1, 0.15) is 34.5 Å². The van der Waals surface area contributed by atoms with E-state index in [-0.39, 0.29) is 5.91 Å². The van der Waals surface area contributed by atoms with Crippen molar-refractivity contribution in [3.05, 3.63) is 53.3 Å². The summed E-state index contributed by atoms with van der Waals surface area (Å²) in [4.78, 5) is 25.3. The van der Waals surface area contributed by atoms with E-state index in [2.05, 4.69) is 11.2 Å². The van der Waals surface area contributed by atoms with Gasteiger partial charge in [0, 0.05) is 19.3 Å². The van der Waals surface area contributed by atoms with Crippen LogP contribution in [0.3, 0.4) is 0 Å². The van der Waals surface area contributed by atoms with Crippen LogP contribution in [0.15, 0.2) is 36.7 Å². The molecule has 1 aromatic carbocycles. The highest BCUT2D eigenvalue weighted by atomic mass is 16.4. The zero-order valence-electron chi connectivity index (χ0n) is 12.3. The normalized spacial score (nSPS) is 15.2. The molecule has 1 aliphatic rings. The molecule has 3 rings (SSSR count). The van der Waals surface area contributed by atoms with E-state index in [0.29, 0.717) is 18.7 Å². The molecule has 0 saturated carbocycles. The number of aromatic nitrogens is 2. The lowest BCUT2D eigenvalue weighted by Gasteiger charge is -2.28. The second-order valence-corrected chi connectivity index (χ2v) is 5.47. The largest absolute Gasteiger partial charge is 0.480 e. The third kappa shape index (κ3) is 2.59. The monoisotopic (exact) mass is 299 g/mol. The molecule has 1 unspecified atom stereocenters. The van der Waals surface area contributed by atoms with Gasteiger partial charge in [-0.05, 0) is 24.5 Å². The predicted octanol–water partition coefficient (Wildman–Crippen LogP) is 1.73. The number of benzene rings is 1. The molecule has 0 radical (unpaired) electrons. The first-order valence-corrected chi connectivity index (χ1v) is 7.19. The summed E-state index contributed by atoms with van der Waals surface area (Å²) in [5, 5.41) is 13.0. The van der Waals surface area contributed by atoms with E-state index in [9.17, 15) is 9.59 Å². The van der Waals surface area contributed by atoms with Crippen molar-refractivity contribution in [2.75, 3.05) is 6.54 Å². The number of carbonyl (C=O) groups excluding carboxylic acids is 1. The van der Waals surface area contributed by atoms with Crippen LogP contribution in [0.25, 0.3) is 0 Å². The number of hydrogen-bond acceptors (Lipinski definition) is 3. The molecule has 1 N–H and O–H groups in total.